The monoisotopic (exact) mass is 394 g/mol. The van der Waals surface area contributed by atoms with Crippen LogP contribution in [0.5, 0.6) is 17.2 Å². The number of aromatic nitrogens is 2. The van der Waals surface area contributed by atoms with Crippen LogP contribution in [-0.2, 0) is 0 Å². The highest BCUT2D eigenvalue weighted by molar-refractivity contribution is 6.04. The normalized spacial score (nSPS) is 10.2. The molecule has 0 radical (unpaired) electrons. The molecule has 0 saturated heterocycles. The Morgan fingerprint density at radius 2 is 1.69 bits per heavy atom. The standard InChI is InChI=1S/C21H22N4O4/c1-4-29-17-8-6-5-7-16(17)25-20(26)14-12-22-21(23-13-14)24-15-9-10-18(27-2)19(11-15)28-3/h5-13H,4H2,1-3H3,(H,25,26)(H,22,23,24). The fourth-order valence-corrected chi connectivity index (χ4v) is 2.60. The highest BCUT2D eigenvalue weighted by Crippen LogP contribution is 2.30. The number of ether oxygens (including phenoxy) is 3. The van der Waals surface area contributed by atoms with Crippen LogP contribution in [-0.4, -0.2) is 36.7 Å². The number of nitrogens with zero attached hydrogens (tertiary/aromatic N) is 2. The van der Waals surface area contributed by atoms with E-state index < -0.39 is 0 Å². The third kappa shape index (κ3) is 4.92. The maximum absolute atomic E-state index is 12.5. The maximum atomic E-state index is 12.5. The fraction of sp³-hybridized carbons (Fsp3) is 0.190. The second-order valence-electron chi connectivity index (χ2n) is 5.87. The molecular weight excluding hydrogens is 372 g/mol. The first-order valence-electron chi connectivity index (χ1n) is 8.99. The lowest BCUT2D eigenvalue weighted by molar-refractivity contribution is 0.102. The quantitative estimate of drug-likeness (QED) is 0.598. The van der Waals surface area contributed by atoms with E-state index in [1.54, 1.807) is 38.5 Å². The molecule has 0 aliphatic carbocycles. The van der Waals surface area contributed by atoms with Gasteiger partial charge < -0.3 is 24.8 Å². The summed E-state index contributed by atoms with van der Waals surface area (Å²) in [6.07, 6.45) is 2.91. The van der Waals surface area contributed by atoms with E-state index in [1.165, 1.54) is 12.4 Å². The van der Waals surface area contributed by atoms with Gasteiger partial charge in [-0.2, -0.15) is 0 Å². The molecule has 2 aromatic carbocycles. The van der Waals surface area contributed by atoms with Crippen LogP contribution in [0.4, 0.5) is 17.3 Å². The van der Waals surface area contributed by atoms with E-state index in [0.717, 1.165) is 5.69 Å². The summed E-state index contributed by atoms with van der Waals surface area (Å²) in [7, 11) is 3.14. The summed E-state index contributed by atoms with van der Waals surface area (Å²) in [6, 6.07) is 12.6. The predicted octanol–water partition coefficient (Wildman–Crippen LogP) is 3.89. The Hall–Kier alpha value is -3.81. The van der Waals surface area contributed by atoms with Crippen LogP contribution in [0, 0.1) is 0 Å². The third-order valence-corrected chi connectivity index (χ3v) is 3.99. The van der Waals surface area contributed by atoms with E-state index in [0.29, 0.717) is 41.1 Å². The van der Waals surface area contributed by atoms with Crippen molar-refractivity contribution in [3.63, 3.8) is 0 Å². The summed E-state index contributed by atoms with van der Waals surface area (Å²) < 4.78 is 16.0. The average molecular weight is 394 g/mol. The van der Waals surface area contributed by atoms with E-state index in [9.17, 15) is 4.79 Å². The van der Waals surface area contributed by atoms with Gasteiger partial charge in [0.15, 0.2) is 11.5 Å². The first-order valence-corrected chi connectivity index (χ1v) is 8.99. The van der Waals surface area contributed by atoms with E-state index in [4.69, 9.17) is 14.2 Å². The first-order chi connectivity index (χ1) is 14.1. The van der Waals surface area contributed by atoms with Crippen molar-refractivity contribution in [3.05, 3.63) is 60.4 Å². The fourth-order valence-electron chi connectivity index (χ4n) is 2.60. The SMILES string of the molecule is CCOc1ccccc1NC(=O)c1cnc(Nc2ccc(OC)c(OC)c2)nc1. The Morgan fingerprint density at radius 3 is 2.38 bits per heavy atom. The van der Waals surface area contributed by atoms with Crippen LogP contribution in [0.25, 0.3) is 0 Å². The highest BCUT2D eigenvalue weighted by Gasteiger charge is 2.11. The minimum Gasteiger partial charge on any atom is -0.493 e. The van der Waals surface area contributed by atoms with E-state index >= 15 is 0 Å². The number of methoxy groups -OCH3 is 2. The van der Waals surface area contributed by atoms with Crippen LogP contribution >= 0.6 is 0 Å². The lowest BCUT2D eigenvalue weighted by Gasteiger charge is -2.12. The number of para-hydroxylation sites is 2. The molecule has 0 aliphatic heterocycles. The van der Waals surface area contributed by atoms with Crippen LogP contribution in [0.3, 0.4) is 0 Å². The van der Waals surface area contributed by atoms with Gasteiger partial charge in [-0.05, 0) is 31.2 Å². The summed E-state index contributed by atoms with van der Waals surface area (Å²) in [4.78, 5) is 20.9. The Balaban J connectivity index is 1.69. The maximum Gasteiger partial charge on any atom is 0.258 e. The van der Waals surface area contributed by atoms with Crippen molar-refractivity contribution >= 4 is 23.2 Å². The molecule has 0 fully saturated rings. The van der Waals surface area contributed by atoms with Crippen molar-refractivity contribution in [2.45, 2.75) is 6.92 Å². The van der Waals surface area contributed by atoms with Crippen molar-refractivity contribution in [2.75, 3.05) is 31.5 Å². The Morgan fingerprint density at radius 1 is 0.966 bits per heavy atom. The molecule has 8 heteroatoms. The first kappa shape index (κ1) is 19.9. The topological polar surface area (TPSA) is 94.6 Å². The van der Waals surface area contributed by atoms with Gasteiger partial charge >= 0.3 is 0 Å². The zero-order valence-corrected chi connectivity index (χ0v) is 16.4. The number of benzene rings is 2. The molecule has 3 aromatic rings. The molecule has 1 amide bonds. The highest BCUT2D eigenvalue weighted by atomic mass is 16.5. The molecular formula is C21H22N4O4. The summed E-state index contributed by atoms with van der Waals surface area (Å²) in [5, 5.41) is 5.88. The van der Waals surface area contributed by atoms with Gasteiger partial charge in [0, 0.05) is 24.1 Å². The molecule has 0 saturated carbocycles. The molecule has 8 nitrogen and oxygen atoms in total. The average Bonchev–Trinajstić information content (AvgIpc) is 2.75. The van der Waals surface area contributed by atoms with Gasteiger partial charge in [-0.25, -0.2) is 9.97 Å². The van der Waals surface area contributed by atoms with Crippen LogP contribution in [0.1, 0.15) is 17.3 Å². The minimum absolute atomic E-state index is 0.324. The molecule has 2 N–H and O–H groups in total. The number of anilines is 3. The number of nitrogens with one attached hydrogen (secondary N) is 2. The van der Waals surface area contributed by atoms with Crippen LogP contribution in [0.2, 0.25) is 0 Å². The zero-order chi connectivity index (χ0) is 20.6. The predicted molar refractivity (Wildman–Crippen MR) is 110 cm³/mol. The largest absolute Gasteiger partial charge is 0.493 e. The molecule has 1 aromatic heterocycles. The van der Waals surface area contributed by atoms with Gasteiger partial charge in [-0.1, -0.05) is 12.1 Å². The van der Waals surface area contributed by atoms with E-state index in [1.807, 2.05) is 25.1 Å². The zero-order valence-electron chi connectivity index (χ0n) is 16.4. The van der Waals surface area contributed by atoms with Gasteiger partial charge in [-0.3, -0.25) is 4.79 Å². The third-order valence-electron chi connectivity index (χ3n) is 3.99. The summed E-state index contributed by atoms with van der Waals surface area (Å²) in [5.74, 6) is 1.84. The molecule has 150 valence electrons. The molecule has 3 rings (SSSR count). The number of hydrogen-bond acceptors (Lipinski definition) is 7. The van der Waals surface area contributed by atoms with Gasteiger partial charge in [0.05, 0.1) is 32.1 Å². The molecule has 0 bridgehead atoms. The van der Waals surface area contributed by atoms with Crippen molar-refractivity contribution in [1.29, 1.82) is 0 Å². The molecule has 29 heavy (non-hydrogen) atoms. The second-order valence-corrected chi connectivity index (χ2v) is 5.87. The molecule has 0 spiro atoms. The van der Waals surface area contributed by atoms with Crippen molar-refractivity contribution < 1.29 is 19.0 Å². The molecule has 0 aliphatic rings. The number of carbonyl (C=O) groups is 1. The van der Waals surface area contributed by atoms with Crippen molar-refractivity contribution in [1.82, 2.24) is 9.97 Å². The lowest BCUT2D eigenvalue weighted by Crippen LogP contribution is -2.14. The van der Waals surface area contributed by atoms with E-state index in [2.05, 4.69) is 20.6 Å². The molecule has 0 atom stereocenters. The van der Waals surface area contributed by atoms with Crippen LogP contribution < -0.4 is 24.8 Å². The van der Waals surface area contributed by atoms with Crippen molar-refractivity contribution in [3.8, 4) is 17.2 Å². The summed E-state index contributed by atoms with van der Waals surface area (Å²) >= 11 is 0. The Kier molecular flexibility index (Phi) is 6.47. The van der Waals surface area contributed by atoms with Gasteiger partial charge in [-0.15, -0.1) is 0 Å². The van der Waals surface area contributed by atoms with E-state index in [-0.39, 0.29) is 5.91 Å². The lowest BCUT2D eigenvalue weighted by atomic mass is 10.2. The van der Waals surface area contributed by atoms with Crippen LogP contribution in [0.15, 0.2) is 54.9 Å². The Labute approximate surface area is 168 Å². The summed E-state index contributed by atoms with van der Waals surface area (Å²) in [6.45, 7) is 2.39. The summed E-state index contributed by atoms with van der Waals surface area (Å²) in [5.41, 5.74) is 1.64. The second kappa shape index (κ2) is 9.41. The molecule has 0 unspecified atom stereocenters. The number of amides is 1. The smallest absolute Gasteiger partial charge is 0.258 e. The number of carbonyl (C=O) groups excluding carboxylic acids is 1. The van der Waals surface area contributed by atoms with Gasteiger partial charge in [0.25, 0.3) is 5.91 Å². The molecule has 1 heterocycles. The minimum atomic E-state index is -0.324. The van der Waals surface area contributed by atoms with Crippen molar-refractivity contribution in [2.24, 2.45) is 0 Å². The van der Waals surface area contributed by atoms with Gasteiger partial charge in [0.2, 0.25) is 5.95 Å². The van der Waals surface area contributed by atoms with Gasteiger partial charge in [0.1, 0.15) is 5.75 Å². The Bertz CT molecular complexity index is 977. The number of hydrogen-bond donors (Lipinski definition) is 2. The number of rotatable bonds is 8.